The van der Waals surface area contributed by atoms with E-state index in [1.54, 1.807) is 24.3 Å². The average Bonchev–Trinajstić information content (AvgIpc) is 2.55. The molecule has 0 aliphatic heterocycles. The molecule has 7 heteroatoms. The molecule has 0 bridgehead atoms. The number of halogens is 1. The maximum atomic E-state index is 13.0. The lowest BCUT2D eigenvalue weighted by Crippen LogP contribution is -2.21. The van der Waals surface area contributed by atoms with Crippen LogP contribution in [0.4, 0.5) is 15.8 Å². The summed E-state index contributed by atoms with van der Waals surface area (Å²) in [5.41, 5.74) is 5.97. The van der Waals surface area contributed by atoms with E-state index in [-0.39, 0.29) is 11.3 Å². The second kappa shape index (κ2) is 7.96. The monoisotopic (exact) mass is 332 g/mol. The van der Waals surface area contributed by atoms with Crippen LogP contribution in [0.2, 0.25) is 0 Å². The fraction of sp³-hybridized carbons (Fsp3) is 0.176. The van der Waals surface area contributed by atoms with E-state index in [4.69, 9.17) is 15.2 Å². The van der Waals surface area contributed by atoms with E-state index < -0.39 is 24.3 Å². The van der Waals surface area contributed by atoms with E-state index in [0.29, 0.717) is 18.0 Å². The van der Waals surface area contributed by atoms with Crippen molar-refractivity contribution in [1.29, 1.82) is 0 Å². The molecule has 2 rings (SSSR count). The van der Waals surface area contributed by atoms with Gasteiger partial charge in [0, 0.05) is 5.69 Å². The molecule has 0 saturated carbocycles. The molecular formula is C17H17FN2O4. The van der Waals surface area contributed by atoms with Gasteiger partial charge in [0.15, 0.2) is 6.61 Å². The van der Waals surface area contributed by atoms with Crippen molar-refractivity contribution in [1.82, 2.24) is 0 Å². The van der Waals surface area contributed by atoms with Gasteiger partial charge in [-0.2, -0.15) is 0 Å². The highest BCUT2D eigenvalue weighted by Crippen LogP contribution is 2.23. The Labute approximate surface area is 138 Å². The number of carbonyl (C=O) groups excluding carboxylic acids is 2. The quantitative estimate of drug-likeness (QED) is 0.627. The zero-order valence-corrected chi connectivity index (χ0v) is 13.0. The van der Waals surface area contributed by atoms with E-state index in [1.165, 1.54) is 6.07 Å². The topological polar surface area (TPSA) is 90.6 Å². The lowest BCUT2D eigenvalue weighted by atomic mass is 10.2. The van der Waals surface area contributed by atoms with Crippen LogP contribution in [-0.2, 0) is 9.53 Å². The minimum Gasteiger partial charge on any atom is -0.492 e. The highest BCUT2D eigenvalue weighted by Gasteiger charge is 2.14. The van der Waals surface area contributed by atoms with E-state index in [9.17, 15) is 14.0 Å². The number of nitrogens with one attached hydrogen (secondary N) is 1. The van der Waals surface area contributed by atoms with Crippen LogP contribution in [0.5, 0.6) is 5.75 Å². The molecule has 0 aromatic heterocycles. The van der Waals surface area contributed by atoms with Gasteiger partial charge in [-0.15, -0.1) is 0 Å². The first-order chi connectivity index (χ1) is 11.5. The lowest BCUT2D eigenvalue weighted by molar-refractivity contribution is -0.119. The average molecular weight is 332 g/mol. The van der Waals surface area contributed by atoms with E-state index in [0.717, 1.165) is 12.1 Å². The molecule has 0 fully saturated rings. The van der Waals surface area contributed by atoms with Gasteiger partial charge in [0.05, 0.1) is 17.9 Å². The molecule has 126 valence electrons. The van der Waals surface area contributed by atoms with E-state index >= 15 is 0 Å². The Morgan fingerprint density at radius 1 is 1.21 bits per heavy atom. The smallest absolute Gasteiger partial charge is 0.340 e. The predicted octanol–water partition coefficient (Wildman–Crippen LogP) is 2.60. The zero-order valence-electron chi connectivity index (χ0n) is 13.0. The first kappa shape index (κ1) is 17.3. The predicted molar refractivity (Wildman–Crippen MR) is 87.3 cm³/mol. The molecule has 24 heavy (non-hydrogen) atoms. The number of hydrogen-bond acceptors (Lipinski definition) is 5. The van der Waals surface area contributed by atoms with Crippen LogP contribution < -0.4 is 15.8 Å². The summed E-state index contributed by atoms with van der Waals surface area (Å²) >= 11 is 0. The Morgan fingerprint density at radius 3 is 2.67 bits per heavy atom. The van der Waals surface area contributed by atoms with Crippen molar-refractivity contribution in [3.05, 3.63) is 53.8 Å². The molecule has 0 unspecified atom stereocenters. The summed E-state index contributed by atoms with van der Waals surface area (Å²) in [7, 11) is 0. The Balaban J connectivity index is 1.95. The maximum Gasteiger partial charge on any atom is 0.340 e. The standard InChI is InChI=1S/C17H17FN2O4/c1-2-23-15-6-4-3-5-14(15)20-16(21)10-24-17(22)12-8-7-11(18)9-13(12)19/h3-9H,2,10,19H2,1H3,(H,20,21). The largest absolute Gasteiger partial charge is 0.492 e. The SMILES string of the molecule is CCOc1ccccc1NC(=O)COC(=O)c1ccc(F)cc1N. The summed E-state index contributed by atoms with van der Waals surface area (Å²) in [4.78, 5) is 23.8. The summed E-state index contributed by atoms with van der Waals surface area (Å²) in [6.45, 7) is 1.77. The summed E-state index contributed by atoms with van der Waals surface area (Å²) in [5, 5.41) is 2.59. The van der Waals surface area contributed by atoms with Crippen LogP contribution >= 0.6 is 0 Å². The highest BCUT2D eigenvalue weighted by atomic mass is 19.1. The number of nitrogen functional groups attached to an aromatic ring is 1. The molecule has 0 spiro atoms. The van der Waals surface area contributed by atoms with Crippen LogP contribution in [0.1, 0.15) is 17.3 Å². The second-order valence-corrected chi connectivity index (χ2v) is 4.79. The highest BCUT2D eigenvalue weighted by molar-refractivity contribution is 5.98. The molecule has 2 aromatic carbocycles. The third-order valence-corrected chi connectivity index (χ3v) is 3.03. The van der Waals surface area contributed by atoms with Crippen LogP contribution in [0, 0.1) is 5.82 Å². The number of nitrogens with two attached hydrogens (primary N) is 1. The van der Waals surface area contributed by atoms with Crippen molar-refractivity contribution < 1.29 is 23.5 Å². The van der Waals surface area contributed by atoms with Crippen molar-refractivity contribution in [2.75, 3.05) is 24.3 Å². The fourth-order valence-electron chi connectivity index (χ4n) is 1.97. The van der Waals surface area contributed by atoms with Crippen LogP contribution in [0.25, 0.3) is 0 Å². The normalized spacial score (nSPS) is 10.1. The Kier molecular flexibility index (Phi) is 5.73. The molecule has 0 atom stereocenters. The Hall–Kier alpha value is -3.09. The van der Waals surface area contributed by atoms with Crippen molar-refractivity contribution in [3.8, 4) is 5.75 Å². The number of benzene rings is 2. The summed E-state index contributed by atoms with van der Waals surface area (Å²) < 4.78 is 23.2. The Morgan fingerprint density at radius 2 is 1.96 bits per heavy atom. The number of amides is 1. The van der Waals surface area contributed by atoms with Crippen molar-refractivity contribution in [2.24, 2.45) is 0 Å². The van der Waals surface area contributed by atoms with Gasteiger partial charge in [0.1, 0.15) is 11.6 Å². The number of esters is 1. The molecule has 2 aromatic rings. The van der Waals surface area contributed by atoms with Gasteiger partial charge < -0.3 is 20.5 Å². The van der Waals surface area contributed by atoms with Gasteiger partial charge in [0.25, 0.3) is 5.91 Å². The molecule has 0 aliphatic carbocycles. The van der Waals surface area contributed by atoms with Crippen LogP contribution in [0.3, 0.4) is 0 Å². The summed E-state index contributed by atoms with van der Waals surface area (Å²) in [5.74, 6) is -1.38. The van der Waals surface area contributed by atoms with Crippen LogP contribution in [-0.4, -0.2) is 25.1 Å². The summed E-state index contributed by atoms with van der Waals surface area (Å²) in [6.07, 6.45) is 0. The molecule has 1 amide bonds. The molecule has 3 N–H and O–H groups in total. The maximum absolute atomic E-state index is 13.0. The van der Waals surface area contributed by atoms with Crippen molar-refractivity contribution in [2.45, 2.75) is 6.92 Å². The van der Waals surface area contributed by atoms with Gasteiger partial charge in [-0.25, -0.2) is 9.18 Å². The first-order valence-electron chi connectivity index (χ1n) is 7.25. The zero-order chi connectivity index (χ0) is 17.5. The third kappa shape index (κ3) is 4.45. The molecule has 0 radical (unpaired) electrons. The number of carbonyl (C=O) groups is 2. The third-order valence-electron chi connectivity index (χ3n) is 3.03. The second-order valence-electron chi connectivity index (χ2n) is 4.79. The minimum atomic E-state index is -0.805. The van der Waals surface area contributed by atoms with Gasteiger partial charge in [0.2, 0.25) is 0 Å². The molecule has 6 nitrogen and oxygen atoms in total. The number of rotatable bonds is 6. The van der Waals surface area contributed by atoms with Gasteiger partial charge in [-0.3, -0.25) is 4.79 Å². The molecule has 0 heterocycles. The van der Waals surface area contributed by atoms with E-state index in [2.05, 4.69) is 5.32 Å². The summed E-state index contributed by atoms with van der Waals surface area (Å²) in [6, 6.07) is 10.2. The van der Waals surface area contributed by atoms with E-state index in [1.807, 2.05) is 6.92 Å². The van der Waals surface area contributed by atoms with Gasteiger partial charge in [-0.05, 0) is 37.3 Å². The lowest BCUT2D eigenvalue weighted by Gasteiger charge is -2.11. The first-order valence-corrected chi connectivity index (χ1v) is 7.25. The van der Waals surface area contributed by atoms with Crippen LogP contribution in [0.15, 0.2) is 42.5 Å². The number of anilines is 2. The fourth-order valence-corrected chi connectivity index (χ4v) is 1.97. The molecular weight excluding hydrogens is 315 g/mol. The van der Waals surface area contributed by atoms with Gasteiger partial charge in [-0.1, -0.05) is 12.1 Å². The minimum absolute atomic E-state index is 0.00100. The molecule has 0 saturated heterocycles. The molecule has 0 aliphatic rings. The number of ether oxygens (including phenoxy) is 2. The Bertz CT molecular complexity index is 749. The van der Waals surface area contributed by atoms with Crippen molar-refractivity contribution >= 4 is 23.3 Å². The van der Waals surface area contributed by atoms with Gasteiger partial charge >= 0.3 is 5.97 Å². The van der Waals surface area contributed by atoms with Crippen molar-refractivity contribution in [3.63, 3.8) is 0 Å². The number of hydrogen-bond donors (Lipinski definition) is 2. The number of para-hydroxylation sites is 2.